The first kappa shape index (κ1) is 15.1. The van der Waals surface area contributed by atoms with Crippen molar-refractivity contribution in [3.8, 4) is 0 Å². The van der Waals surface area contributed by atoms with Gasteiger partial charge in [0.25, 0.3) is 0 Å². The van der Waals surface area contributed by atoms with E-state index in [0.717, 1.165) is 30.8 Å². The fourth-order valence-electron chi connectivity index (χ4n) is 4.10. The molecule has 1 aromatic rings. The van der Waals surface area contributed by atoms with Gasteiger partial charge in [-0.2, -0.15) is 0 Å². The van der Waals surface area contributed by atoms with Crippen molar-refractivity contribution >= 4 is 0 Å². The molecule has 0 amide bonds. The molecule has 1 aromatic heterocycles. The zero-order valence-corrected chi connectivity index (χ0v) is 13.6. The lowest BCUT2D eigenvalue weighted by Crippen LogP contribution is -2.34. The summed E-state index contributed by atoms with van der Waals surface area (Å²) in [5.74, 6) is 2.08. The van der Waals surface area contributed by atoms with Crippen LogP contribution < -0.4 is 5.32 Å². The Balaban J connectivity index is 1.61. The maximum atomic E-state index is 5.70. The van der Waals surface area contributed by atoms with Crippen LogP contribution >= 0.6 is 0 Å². The Morgan fingerprint density at radius 3 is 2.81 bits per heavy atom. The Labute approximate surface area is 129 Å². The van der Waals surface area contributed by atoms with Gasteiger partial charge in [0.05, 0.1) is 12.8 Å². The molecule has 3 heteroatoms. The third kappa shape index (κ3) is 3.70. The van der Waals surface area contributed by atoms with Crippen LogP contribution in [0.5, 0.6) is 0 Å². The summed E-state index contributed by atoms with van der Waals surface area (Å²) in [6.45, 7) is 7.55. The van der Waals surface area contributed by atoms with Crippen LogP contribution in [-0.4, -0.2) is 23.5 Å². The van der Waals surface area contributed by atoms with Crippen LogP contribution in [0.1, 0.15) is 63.7 Å². The molecule has 0 bridgehead atoms. The SMILES string of the molecule is CC(C)NCc1occc1CN1CCCC1C1CCCC1. The molecule has 21 heavy (non-hydrogen) atoms. The summed E-state index contributed by atoms with van der Waals surface area (Å²) in [6, 6.07) is 3.50. The molecule has 1 atom stereocenters. The van der Waals surface area contributed by atoms with Crippen LogP contribution in [0.4, 0.5) is 0 Å². The van der Waals surface area contributed by atoms with Crippen molar-refractivity contribution in [2.45, 2.75) is 77.5 Å². The Bertz CT molecular complexity index is 434. The van der Waals surface area contributed by atoms with Crippen molar-refractivity contribution in [3.63, 3.8) is 0 Å². The first-order valence-corrected chi connectivity index (χ1v) is 8.76. The molecule has 0 spiro atoms. The van der Waals surface area contributed by atoms with Crippen molar-refractivity contribution in [2.24, 2.45) is 5.92 Å². The van der Waals surface area contributed by atoms with Crippen LogP contribution in [0, 0.1) is 5.92 Å². The van der Waals surface area contributed by atoms with Crippen LogP contribution in [0.3, 0.4) is 0 Å². The molecule has 3 rings (SSSR count). The Morgan fingerprint density at radius 2 is 2.05 bits per heavy atom. The summed E-state index contributed by atoms with van der Waals surface area (Å²) >= 11 is 0. The van der Waals surface area contributed by atoms with Crippen LogP contribution in [0.2, 0.25) is 0 Å². The lowest BCUT2D eigenvalue weighted by molar-refractivity contribution is 0.182. The first-order valence-electron chi connectivity index (χ1n) is 8.76. The van der Waals surface area contributed by atoms with Crippen molar-refractivity contribution in [1.29, 1.82) is 0 Å². The highest BCUT2D eigenvalue weighted by atomic mass is 16.3. The molecule has 1 aliphatic heterocycles. The molecule has 0 aromatic carbocycles. The Kier molecular flexibility index (Phi) is 5.02. The molecule has 1 N–H and O–H groups in total. The second-order valence-electron chi connectivity index (χ2n) is 7.13. The van der Waals surface area contributed by atoms with Crippen LogP contribution in [0.25, 0.3) is 0 Å². The number of furan rings is 1. The predicted molar refractivity (Wildman–Crippen MR) is 86.1 cm³/mol. The van der Waals surface area contributed by atoms with E-state index in [1.54, 1.807) is 0 Å². The van der Waals surface area contributed by atoms with E-state index in [2.05, 4.69) is 30.1 Å². The van der Waals surface area contributed by atoms with Gasteiger partial charge in [-0.3, -0.25) is 4.90 Å². The number of likely N-dealkylation sites (tertiary alicyclic amines) is 1. The average Bonchev–Trinajstić information content (AvgIpc) is 3.18. The maximum absolute atomic E-state index is 5.70. The summed E-state index contributed by atoms with van der Waals surface area (Å²) in [7, 11) is 0. The largest absolute Gasteiger partial charge is 0.468 e. The standard InChI is InChI=1S/C18H30N2O/c1-14(2)19-12-18-16(9-11-21-18)13-20-10-5-8-17(20)15-6-3-4-7-15/h9,11,14-15,17,19H,3-8,10,12-13H2,1-2H3. The molecule has 1 saturated carbocycles. The predicted octanol–water partition coefficient (Wildman–Crippen LogP) is 3.93. The van der Waals surface area contributed by atoms with E-state index in [1.165, 1.54) is 50.6 Å². The molecule has 1 aliphatic carbocycles. The highest BCUT2D eigenvalue weighted by Crippen LogP contribution is 2.36. The minimum atomic E-state index is 0.501. The van der Waals surface area contributed by atoms with Crippen molar-refractivity contribution in [1.82, 2.24) is 10.2 Å². The molecule has 118 valence electrons. The summed E-state index contributed by atoms with van der Waals surface area (Å²) in [5, 5.41) is 3.47. The van der Waals surface area contributed by atoms with Gasteiger partial charge < -0.3 is 9.73 Å². The molecule has 0 radical (unpaired) electrons. The monoisotopic (exact) mass is 290 g/mol. The average molecular weight is 290 g/mol. The molecule has 3 nitrogen and oxygen atoms in total. The minimum absolute atomic E-state index is 0.501. The number of hydrogen-bond donors (Lipinski definition) is 1. The molecule has 2 fully saturated rings. The fraction of sp³-hybridized carbons (Fsp3) is 0.778. The normalized spacial score (nSPS) is 24.4. The second kappa shape index (κ2) is 6.97. The van der Waals surface area contributed by atoms with Gasteiger partial charge in [0.2, 0.25) is 0 Å². The van der Waals surface area contributed by atoms with Gasteiger partial charge in [0, 0.05) is 24.2 Å². The van der Waals surface area contributed by atoms with Crippen molar-refractivity contribution in [3.05, 3.63) is 23.7 Å². The van der Waals surface area contributed by atoms with Crippen LogP contribution in [0.15, 0.2) is 16.7 Å². The lowest BCUT2D eigenvalue weighted by Gasteiger charge is -2.29. The van der Waals surface area contributed by atoms with E-state index < -0.39 is 0 Å². The van der Waals surface area contributed by atoms with Gasteiger partial charge >= 0.3 is 0 Å². The molecule has 2 aliphatic rings. The van der Waals surface area contributed by atoms with Gasteiger partial charge in [-0.1, -0.05) is 26.7 Å². The van der Waals surface area contributed by atoms with E-state index in [-0.39, 0.29) is 0 Å². The fourth-order valence-corrected chi connectivity index (χ4v) is 4.10. The molecule has 2 heterocycles. The summed E-state index contributed by atoms with van der Waals surface area (Å²) < 4.78 is 5.70. The second-order valence-corrected chi connectivity index (χ2v) is 7.13. The molecule has 1 unspecified atom stereocenters. The number of nitrogens with zero attached hydrogens (tertiary/aromatic N) is 1. The molecular formula is C18H30N2O. The zero-order valence-electron chi connectivity index (χ0n) is 13.6. The van der Waals surface area contributed by atoms with Gasteiger partial charge in [0.15, 0.2) is 0 Å². The quantitative estimate of drug-likeness (QED) is 0.860. The third-order valence-electron chi connectivity index (χ3n) is 5.24. The Morgan fingerprint density at radius 1 is 1.24 bits per heavy atom. The summed E-state index contributed by atoms with van der Waals surface area (Å²) in [6.07, 6.45) is 10.4. The van der Waals surface area contributed by atoms with Gasteiger partial charge in [-0.05, 0) is 44.2 Å². The topological polar surface area (TPSA) is 28.4 Å². The molecular weight excluding hydrogens is 260 g/mol. The summed E-state index contributed by atoms with van der Waals surface area (Å²) in [5.41, 5.74) is 1.38. The highest BCUT2D eigenvalue weighted by molar-refractivity contribution is 5.17. The van der Waals surface area contributed by atoms with Gasteiger partial charge in [-0.25, -0.2) is 0 Å². The smallest absolute Gasteiger partial charge is 0.122 e. The number of hydrogen-bond acceptors (Lipinski definition) is 3. The third-order valence-corrected chi connectivity index (χ3v) is 5.24. The van der Waals surface area contributed by atoms with Crippen LogP contribution in [-0.2, 0) is 13.1 Å². The Hall–Kier alpha value is -0.800. The van der Waals surface area contributed by atoms with E-state index in [4.69, 9.17) is 4.42 Å². The van der Waals surface area contributed by atoms with Crippen molar-refractivity contribution < 1.29 is 4.42 Å². The van der Waals surface area contributed by atoms with Crippen molar-refractivity contribution in [2.75, 3.05) is 6.54 Å². The zero-order chi connectivity index (χ0) is 14.7. The highest BCUT2D eigenvalue weighted by Gasteiger charge is 2.33. The molecule has 1 saturated heterocycles. The minimum Gasteiger partial charge on any atom is -0.468 e. The van der Waals surface area contributed by atoms with E-state index >= 15 is 0 Å². The van der Waals surface area contributed by atoms with Gasteiger partial charge in [0.1, 0.15) is 5.76 Å². The van der Waals surface area contributed by atoms with Gasteiger partial charge in [-0.15, -0.1) is 0 Å². The first-order chi connectivity index (χ1) is 10.2. The van der Waals surface area contributed by atoms with E-state index in [1.807, 2.05) is 6.26 Å². The van der Waals surface area contributed by atoms with E-state index in [0.29, 0.717) is 6.04 Å². The lowest BCUT2D eigenvalue weighted by atomic mass is 9.96. The summed E-state index contributed by atoms with van der Waals surface area (Å²) in [4.78, 5) is 2.72. The van der Waals surface area contributed by atoms with E-state index in [9.17, 15) is 0 Å². The number of rotatable bonds is 6. The maximum Gasteiger partial charge on any atom is 0.122 e. The number of nitrogens with one attached hydrogen (secondary N) is 1.